The van der Waals surface area contributed by atoms with E-state index in [0.717, 1.165) is 11.1 Å². The van der Waals surface area contributed by atoms with Gasteiger partial charge in [0.2, 0.25) is 0 Å². The SMILES string of the molecule is Cc1nc(NC(=O)n2ccnc2)sc1-c1ccc(Cl)c(S(C)(=O)=O)c1. The van der Waals surface area contributed by atoms with E-state index in [-0.39, 0.29) is 15.9 Å². The molecule has 25 heavy (non-hydrogen) atoms. The molecule has 3 rings (SSSR count). The third-order valence-corrected chi connectivity index (χ3v) is 6.04. The normalized spacial score (nSPS) is 11.5. The van der Waals surface area contributed by atoms with Crippen LogP contribution < -0.4 is 5.32 Å². The first-order valence-electron chi connectivity index (χ1n) is 7.02. The quantitative estimate of drug-likeness (QED) is 0.731. The molecule has 130 valence electrons. The Bertz CT molecular complexity index is 1040. The van der Waals surface area contributed by atoms with Gasteiger partial charge in [-0.25, -0.2) is 23.2 Å². The van der Waals surface area contributed by atoms with Crippen LogP contribution in [0.3, 0.4) is 0 Å². The van der Waals surface area contributed by atoms with Gasteiger partial charge in [0.05, 0.1) is 20.5 Å². The highest BCUT2D eigenvalue weighted by atomic mass is 35.5. The Labute approximate surface area is 153 Å². The van der Waals surface area contributed by atoms with Crippen molar-refractivity contribution in [1.29, 1.82) is 0 Å². The maximum absolute atomic E-state index is 12.0. The molecule has 0 aliphatic heterocycles. The van der Waals surface area contributed by atoms with Gasteiger partial charge in [-0.3, -0.25) is 9.88 Å². The number of nitrogens with zero attached hydrogens (tertiary/aromatic N) is 3. The van der Waals surface area contributed by atoms with Crippen LogP contribution in [0.5, 0.6) is 0 Å². The summed E-state index contributed by atoms with van der Waals surface area (Å²) in [5.41, 5.74) is 1.34. The summed E-state index contributed by atoms with van der Waals surface area (Å²) >= 11 is 7.23. The maximum Gasteiger partial charge on any atom is 0.333 e. The highest BCUT2D eigenvalue weighted by Gasteiger charge is 2.17. The molecular weight excluding hydrogens is 384 g/mol. The van der Waals surface area contributed by atoms with Crippen molar-refractivity contribution in [3.05, 3.63) is 47.6 Å². The number of benzene rings is 1. The highest BCUT2D eigenvalue weighted by molar-refractivity contribution is 7.90. The molecule has 2 aromatic heterocycles. The Morgan fingerprint density at radius 2 is 2.12 bits per heavy atom. The molecule has 0 fully saturated rings. The zero-order valence-corrected chi connectivity index (χ0v) is 15.6. The van der Waals surface area contributed by atoms with E-state index in [4.69, 9.17) is 11.6 Å². The lowest BCUT2D eigenvalue weighted by atomic mass is 10.2. The highest BCUT2D eigenvalue weighted by Crippen LogP contribution is 2.35. The smallest absolute Gasteiger partial charge is 0.283 e. The largest absolute Gasteiger partial charge is 0.333 e. The third-order valence-electron chi connectivity index (χ3n) is 3.34. The van der Waals surface area contributed by atoms with Crippen molar-refractivity contribution in [3.8, 4) is 10.4 Å². The second-order valence-corrected chi connectivity index (χ2v) is 8.64. The first-order valence-corrected chi connectivity index (χ1v) is 10.1. The third kappa shape index (κ3) is 3.73. The average Bonchev–Trinajstić information content (AvgIpc) is 3.16. The number of aryl methyl sites for hydroxylation is 1. The standard InChI is InChI=1S/C15H13ClN4O3S2/c1-9-13(10-3-4-11(16)12(7-10)25(2,22)23)24-14(18-9)19-15(21)20-6-5-17-8-20/h3-8H,1-2H3,(H,18,19,21). The van der Waals surface area contributed by atoms with Crippen LogP contribution in [0.25, 0.3) is 10.4 Å². The van der Waals surface area contributed by atoms with Gasteiger partial charge in [-0.15, -0.1) is 0 Å². The second kappa shape index (κ2) is 6.58. The van der Waals surface area contributed by atoms with Crippen LogP contribution in [0.1, 0.15) is 5.69 Å². The minimum Gasteiger partial charge on any atom is -0.283 e. The number of hydrogen-bond acceptors (Lipinski definition) is 6. The Morgan fingerprint density at radius 3 is 2.76 bits per heavy atom. The number of thiazole rings is 1. The zero-order chi connectivity index (χ0) is 18.2. The van der Waals surface area contributed by atoms with Crippen LogP contribution in [0.2, 0.25) is 5.02 Å². The molecule has 7 nitrogen and oxygen atoms in total. The Balaban J connectivity index is 1.94. The van der Waals surface area contributed by atoms with E-state index in [9.17, 15) is 13.2 Å². The van der Waals surface area contributed by atoms with Crippen molar-refractivity contribution in [3.63, 3.8) is 0 Å². The summed E-state index contributed by atoms with van der Waals surface area (Å²) in [7, 11) is -3.45. The topological polar surface area (TPSA) is 93.9 Å². The Hall–Kier alpha value is -2.23. The van der Waals surface area contributed by atoms with E-state index >= 15 is 0 Å². The summed E-state index contributed by atoms with van der Waals surface area (Å²) < 4.78 is 25.0. The molecule has 0 spiro atoms. The minimum absolute atomic E-state index is 0.0588. The molecule has 1 amide bonds. The molecule has 1 N–H and O–H groups in total. The number of carbonyl (C=O) groups excluding carboxylic acids is 1. The molecule has 1 aromatic carbocycles. The number of carbonyl (C=O) groups is 1. The van der Waals surface area contributed by atoms with E-state index in [1.165, 1.54) is 46.8 Å². The van der Waals surface area contributed by atoms with Gasteiger partial charge in [-0.05, 0) is 24.6 Å². The molecule has 0 saturated heterocycles. The van der Waals surface area contributed by atoms with E-state index in [1.807, 2.05) is 0 Å². The van der Waals surface area contributed by atoms with Crippen molar-refractivity contribution in [2.75, 3.05) is 11.6 Å². The number of nitrogens with one attached hydrogen (secondary N) is 1. The summed E-state index contributed by atoms with van der Waals surface area (Å²) in [5, 5.41) is 3.25. The fraction of sp³-hybridized carbons (Fsp3) is 0.133. The molecule has 2 heterocycles. The molecule has 0 unspecified atom stereocenters. The van der Waals surface area contributed by atoms with Crippen LogP contribution in [0.4, 0.5) is 9.93 Å². The maximum atomic E-state index is 12.0. The lowest BCUT2D eigenvalue weighted by Gasteiger charge is -2.05. The number of rotatable bonds is 3. The van der Waals surface area contributed by atoms with Gasteiger partial charge in [-0.1, -0.05) is 29.0 Å². The lowest BCUT2D eigenvalue weighted by Crippen LogP contribution is -2.17. The number of hydrogen-bond donors (Lipinski definition) is 1. The summed E-state index contributed by atoms with van der Waals surface area (Å²) in [6.07, 6.45) is 5.51. The summed E-state index contributed by atoms with van der Waals surface area (Å²) in [4.78, 5) is 21.0. The van der Waals surface area contributed by atoms with Crippen molar-refractivity contribution < 1.29 is 13.2 Å². The monoisotopic (exact) mass is 396 g/mol. The Kier molecular flexibility index (Phi) is 4.63. The molecule has 0 saturated carbocycles. The molecule has 3 aromatic rings. The van der Waals surface area contributed by atoms with Crippen LogP contribution in [-0.4, -0.2) is 35.2 Å². The number of sulfone groups is 1. The van der Waals surface area contributed by atoms with E-state index in [1.54, 1.807) is 13.0 Å². The molecule has 0 bridgehead atoms. The van der Waals surface area contributed by atoms with Gasteiger partial charge in [0.15, 0.2) is 15.0 Å². The Morgan fingerprint density at radius 1 is 1.36 bits per heavy atom. The molecule has 0 aliphatic rings. The van der Waals surface area contributed by atoms with Crippen molar-refractivity contribution >= 4 is 43.9 Å². The van der Waals surface area contributed by atoms with Crippen molar-refractivity contribution in [2.24, 2.45) is 0 Å². The van der Waals surface area contributed by atoms with E-state index in [0.29, 0.717) is 16.4 Å². The second-order valence-electron chi connectivity index (χ2n) is 5.25. The fourth-order valence-corrected chi connectivity index (χ4v) is 4.44. The van der Waals surface area contributed by atoms with Gasteiger partial charge in [0.1, 0.15) is 6.33 Å². The van der Waals surface area contributed by atoms with Gasteiger partial charge in [0.25, 0.3) is 0 Å². The van der Waals surface area contributed by atoms with Crippen molar-refractivity contribution in [1.82, 2.24) is 14.5 Å². The van der Waals surface area contributed by atoms with Gasteiger partial charge < -0.3 is 0 Å². The molecular formula is C15H13ClN4O3S2. The first-order chi connectivity index (χ1) is 11.8. The van der Waals surface area contributed by atoms with E-state index < -0.39 is 9.84 Å². The fourth-order valence-electron chi connectivity index (χ4n) is 2.18. The number of aromatic nitrogens is 3. The minimum atomic E-state index is -3.45. The van der Waals surface area contributed by atoms with Gasteiger partial charge >= 0.3 is 6.03 Å². The lowest BCUT2D eigenvalue weighted by molar-refractivity contribution is 0.253. The van der Waals surface area contributed by atoms with Gasteiger partial charge in [0, 0.05) is 18.6 Å². The van der Waals surface area contributed by atoms with Crippen molar-refractivity contribution in [2.45, 2.75) is 11.8 Å². The summed E-state index contributed by atoms with van der Waals surface area (Å²) in [6, 6.07) is 4.39. The molecule has 0 atom stereocenters. The summed E-state index contributed by atoms with van der Waals surface area (Å²) in [6.45, 7) is 1.79. The van der Waals surface area contributed by atoms with Crippen LogP contribution in [0, 0.1) is 6.92 Å². The summed E-state index contributed by atoms with van der Waals surface area (Å²) in [5.74, 6) is 0. The molecule has 0 aliphatic carbocycles. The van der Waals surface area contributed by atoms with Crippen LogP contribution in [0.15, 0.2) is 41.8 Å². The predicted octanol–water partition coefficient (Wildman–Crippen LogP) is 3.45. The number of imidazole rings is 1. The van der Waals surface area contributed by atoms with E-state index in [2.05, 4.69) is 15.3 Å². The van der Waals surface area contributed by atoms with Crippen LogP contribution in [-0.2, 0) is 9.84 Å². The number of amides is 1. The number of halogens is 1. The average molecular weight is 397 g/mol. The first kappa shape index (κ1) is 17.6. The van der Waals surface area contributed by atoms with Gasteiger partial charge in [-0.2, -0.15) is 0 Å². The predicted molar refractivity (Wildman–Crippen MR) is 97.1 cm³/mol. The zero-order valence-electron chi connectivity index (χ0n) is 13.2. The molecule has 10 heteroatoms. The molecule has 0 radical (unpaired) electrons. The van der Waals surface area contributed by atoms with Crippen LogP contribution >= 0.6 is 22.9 Å². The number of anilines is 1.